The van der Waals surface area contributed by atoms with Gasteiger partial charge in [-0.15, -0.1) is 0 Å². The molecule has 4 heterocycles. The van der Waals surface area contributed by atoms with Crippen LogP contribution in [0.1, 0.15) is 27.3 Å². The van der Waals surface area contributed by atoms with Crippen molar-refractivity contribution in [1.82, 2.24) is 24.0 Å². The van der Waals surface area contributed by atoms with Crippen LogP contribution < -0.4 is 10.3 Å². The molecule has 4 rings (SSSR count). The van der Waals surface area contributed by atoms with Crippen LogP contribution in [0.15, 0.2) is 29.6 Å². The smallest absolute Gasteiger partial charge is 0.347 e. The third-order valence-electron chi connectivity index (χ3n) is 5.32. The lowest BCUT2D eigenvalue weighted by atomic mass is 10.2. The van der Waals surface area contributed by atoms with Gasteiger partial charge in [-0.2, -0.15) is 39.9 Å². The van der Waals surface area contributed by atoms with Crippen molar-refractivity contribution in [3.8, 4) is 0 Å². The molecule has 1 N–H and O–H groups in total. The molecule has 0 spiro atoms. The highest BCUT2D eigenvalue weighted by atomic mass is 32.2. The average molecular weight is 585 g/mol. The van der Waals surface area contributed by atoms with Gasteiger partial charge in [-0.1, -0.05) is 0 Å². The van der Waals surface area contributed by atoms with Gasteiger partial charge in [-0.3, -0.25) is 9.20 Å². The van der Waals surface area contributed by atoms with E-state index in [-0.39, 0.29) is 15.4 Å². The third kappa shape index (κ3) is 5.30. The topological polar surface area (TPSA) is 112 Å². The number of pyridine rings is 2. The average Bonchev–Trinajstić information content (AvgIpc) is 3.22. The molecule has 3 aromatic heterocycles. The summed E-state index contributed by atoms with van der Waals surface area (Å²) < 4.78 is 131. The molecular weight excluding hydrogens is 570 g/mol. The number of amides is 1. The van der Waals surface area contributed by atoms with Gasteiger partial charge in [0.2, 0.25) is 0 Å². The number of fused-ring (bicyclic) bond motifs is 1. The number of aromatic nitrogens is 3. The SMILES string of the molecule is Cc1cc(F)c2nc(C(F)(F)F)c(C(=O)NCc3cnc(N4CCN(S(=O)(=O)C(F)(F)F)C=N4)c(F)c3)n2c1. The van der Waals surface area contributed by atoms with Crippen molar-refractivity contribution in [3.05, 3.63) is 58.7 Å². The second kappa shape index (κ2) is 9.62. The number of nitrogens with one attached hydrogen (secondary N) is 1. The monoisotopic (exact) mass is 585 g/mol. The molecule has 0 fully saturated rings. The lowest BCUT2D eigenvalue weighted by molar-refractivity contribution is -0.141. The summed E-state index contributed by atoms with van der Waals surface area (Å²) in [7, 11) is -5.68. The van der Waals surface area contributed by atoms with E-state index in [1.54, 1.807) is 0 Å². The van der Waals surface area contributed by atoms with Gasteiger partial charge in [0.15, 0.2) is 28.8 Å². The largest absolute Gasteiger partial charge is 0.516 e. The van der Waals surface area contributed by atoms with E-state index < -0.39 is 81.7 Å². The molecule has 10 nitrogen and oxygen atoms in total. The van der Waals surface area contributed by atoms with Crippen LogP contribution in [-0.2, 0) is 22.7 Å². The lowest BCUT2D eigenvalue weighted by Gasteiger charge is -2.29. The number of halogens is 8. The highest BCUT2D eigenvalue weighted by Gasteiger charge is 2.50. The summed E-state index contributed by atoms with van der Waals surface area (Å²) >= 11 is 0. The Morgan fingerprint density at radius 1 is 1.08 bits per heavy atom. The Hall–Kier alpha value is -4.03. The van der Waals surface area contributed by atoms with Gasteiger partial charge < -0.3 is 5.32 Å². The molecule has 210 valence electrons. The van der Waals surface area contributed by atoms with E-state index in [9.17, 15) is 48.3 Å². The molecule has 3 aromatic rings. The summed E-state index contributed by atoms with van der Waals surface area (Å²) in [4.78, 5) is 19.7. The highest BCUT2D eigenvalue weighted by molar-refractivity contribution is 7.90. The minimum atomic E-state index is -5.68. The number of imidazole rings is 1. The number of hydrogen-bond acceptors (Lipinski definition) is 7. The first kappa shape index (κ1) is 28.0. The van der Waals surface area contributed by atoms with Crippen LogP contribution in [0.5, 0.6) is 0 Å². The predicted molar refractivity (Wildman–Crippen MR) is 118 cm³/mol. The number of carbonyl (C=O) groups excluding carboxylic acids is 1. The van der Waals surface area contributed by atoms with E-state index in [4.69, 9.17) is 0 Å². The molecule has 0 saturated carbocycles. The summed E-state index contributed by atoms with van der Waals surface area (Å²) in [6.07, 6.45) is -2.65. The zero-order chi connectivity index (χ0) is 28.9. The van der Waals surface area contributed by atoms with E-state index in [2.05, 4.69) is 20.4 Å². The van der Waals surface area contributed by atoms with Crippen LogP contribution in [0.4, 0.5) is 40.9 Å². The summed E-state index contributed by atoms with van der Waals surface area (Å²) in [5.41, 5.74) is -8.73. The van der Waals surface area contributed by atoms with Gasteiger partial charge in [-0.05, 0) is 30.2 Å². The molecule has 0 atom stereocenters. The van der Waals surface area contributed by atoms with Gasteiger partial charge in [0, 0.05) is 18.9 Å². The Kier molecular flexibility index (Phi) is 6.90. The second-order valence-corrected chi connectivity index (χ2v) is 10.00. The van der Waals surface area contributed by atoms with E-state index in [0.717, 1.165) is 29.5 Å². The van der Waals surface area contributed by atoms with Crippen LogP contribution in [-0.4, -0.2) is 57.9 Å². The molecule has 39 heavy (non-hydrogen) atoms. The zero-order valence-corrected chi connectivity index (χ0v) is 20.2. The van der Waals surface area contributed by atoms with Crippen molar-refractivity contribution in [3.63, 3.8) is 0 Å². The van der Waals surface area contributed by atoms with Crippen molar-refractivity contribution < 1.29 is 48.3 Å². The number of alkyl halides is 6. The van der Waals surface area contributed by atoms with E-state index in [1.165, 1.54) is 6.92 Å². The number of hydrazone groups is 1. The standard InChI is InChI=1S/C20H15F8N7O3S/c1-10-4-12(21)17-32-15(19(23,24)25)14(34(17)8-10)18(36)30-7-11-5-13(22)16(29-6-11)35-3-2-33(9-31-35)39(37,38)20(26,27)28/h4-6,8-9H,2-3,7H2,1H3,(H,30,36). The molecule has 0 unspecified atom stereocenters. The molecule has 0 radical (unpaired) electrons. The maximum atomic E-state index is 14.7. The number of nitrogens with zero attached hydrogens (tertiary/aromatic N) is 6. The van der Waals surface area contributed by atoms with Gasteiger partial charge in [-0.25, -0.2) is 28.1 Å². The molecule has 0 aromatic carbocycles. The van der Waals surface area contributed by atoms with Crippen LogP contribution in [0, 0.1) is 18.6 Å². The number of aryl methyl sites for hydroxylation is 1. The van der Waals surface area contributed by atoms with Gasteiger partial charge in [0.05, 0.1) is 13.1 Å². The molecule has 19 heteroatoms. The molecule has 1 aliphatic heterocycles. The molecule has 0 aliphatic carbocycles. The Labute approximate surface area is 213 Å². The van der Waals surface area contributed by atoms with Gasteiger partial charge in [0.25, 0.3) is 5.91 Å². The van der Waals surface area contributed by atoms with Crippen molar-refractivity contribution in [2.24, 2.45) is 5.10 Å². The predicted octanol–water partition coefficient (Wildman–Crippen LogP) is 3.18. The summed E-state index contributed by atoms with van der Waals surface area (Å²) in [5.74, 6) is -3.94. The van der Waals surface area contributed by atoms with E-state index in [1.807, 2.05) is 0 Å². The minimum Gasteiger partial charge on any atom is -0.347 e. The lowest BCUT2D eigenvalue weighted by Crippen LogP contribution is -2.46. The fraction of sp³-hybridized carbons (Fsp3) is 0.300. The molecule has 1 aliphatic rings. The first-order valence-electron chi connectivity index (χ1n) is 10.6. The highest BCUT2D eigenvalue weighted by Crippen LogP contribution is 2.33. The molecule has 0 saturated heterocycles. The first-order valence-corrected chi connectivity index (χ1v) is 12.0. The number of rotatable bonds is 5. The van der Waals surface area contributed by atoms with Crippen molar-refractivity contribution >= 4 is 33.7 Å². The summed E-state index contributed by atoms with van der Waals surface area (Å²) in [5, 5.41) is 6.42. The van der Waals surface area contributed by atoms with Crippen LogP contribution >= 0.6 is 0 Å². The third-order valence-corrected chi connectivity index (χ3v) is 6.80. The van der Waals surface area contributed by atoms with Gasteiger partial charge in [0.1, 0.15) is 12.0 Å². The van der Waals surface area contributed by atoms with Crippen molar-refractivity contribution in [2.75, 3.05) is 18.1 Å². The normalized spacial score (nSPS) is 14.8. The number of sulfonamides is 1. The van der Waals surface area contributed by atoms with Crippen LogP contribution in [0.2, 0.25) is 0 Å². The zero-order valence-electron chi connectivity index (χ0n) is 19.3. The maximum absolute atomic E-state index is 14.7. The maximum Gasteiger partial charge on any atom is 0.516 e. The van der Waals surface area contributed by atoms with E-state index >= 15 is 0 Å². The molecule has 0 bridgehead atoms. The van der Waals surface area contributed by atoms with Crippen LogP contribution in [0.3, 0.4) is 0 Å². The van der Waals surface area contributed by atoms with E-state index in [0.29, 0.717) is 10.7 Å². The van der Waals surface area contributed by atoms with Gasteiger partial charge >= 0.3 is 21.7 Å². The number of hydrogen-bond donors (Lipinski definition) is 1. The Bertz CT molecular complexity index is 1580. The Morgan fingerprint density at radius 2 is 1.77 bits per heavy atom. The fourth-order valence-electron chi connectivity index (χ4n) is 3.57. The summed E-state index contributed by atoms with van der Waals surface area (Å²) in [6.45, 7) is -0.336. The van der Waals surface area contributed by atoms with Crippen molar-refractivity contribution in [2.45, 2.75) is 25.2 Å². The number of anilines is 1. The van der Waals surface area contributed by atoms with Crippen molar-refractivity contribution in [1.29, 1.82) is 0 Å². The van der Waals surface area contributed by atoms with Crippen LogP contribution in [0.25, 0.3) is 5.65 Å². The Balaban J connectivity index is 1.52. The fourth-order valence-corrected chi connectivity index (χ4v) is 4.33. The minimum absolute atomic E-state index is 0.0309. The second-order valence-electron chi connectivity index (χ2n) is 8.11. The number of carbonyl (C=O) groups is 1. The summed E-state index contributed by atoms with van der Waals surface area (Å²) in [6, 6.07) is 1.78. The first-order chi connectivity index (χ1) is 18.0. The molecule has 1 amide bonds. The quantitative estimate of drug-likeness (QED) is 0.461. The Morgan fingerprint density at radius 3 is 2.33 bits per heavy atom. The molecular formula is C20H15F8N7O3S.